The summed E-state index contributed by atoms with van der Waals surface area (Å²) in [6, 6.07) is 3.38. The average Bonchev–Trinajstić information content (AvgIpc) is 2.89. The molecule has 1 aromatic carbocycles. The summed E-state index contributed by atoms with van der Waals surface area (Å²) in [7, 11) is 5.59. The Morgan fingerprint density at radius 1 is 1.28 bits per heavy atom. The fourth-order valence-corrected chi connectivity index (χ4v) is 2.25. The largest absolute Gasteiger partial charge is 0.348 e. The summed E-state index contributed by atoms with van der Waals surface area (Å²) >= 11 is 0. The lowest BCUT2D eigenvalue weighted by molar-refractivity contribution is -0.114. The molecule has 0 aliphatic rings. The minimum atomic E-state index is -0.598. The third kappa shape index (κ3) is 4.69. The van der Waals surface area contributed by atoms with E-state index >= 15 is 0 Å². The zero-order chi connectivity index (χ0) is 18.6. The Bertz CT molecular complexity index is 787. The van der Waals surface area contributed by atoms with Gasteiger partial charge in [0.05, 0.1) is 24.1 Å². The predicted octanol–water partition coefficient (Wildman–Crippen LogP) is 1.91. The van der Waals surface area contributed by atoms with Crippen molar-refractivity contribution >= 4 is 29.3 Å². The monoisotopic (exact) mass is 348 g/mol. The van der Waals surface area contributed by atoms with Gasteiger partial charge in [-0.25, -0.2) is 14.2 Å². The van der Waals surface area contributed by atoms with Crippen LogP contribution in [0.25, 0.3) is 0 Å². The van der Waals surface area contributed by atoms with Crippen molar-refractivity contribution in [3.63, 3.8) is 0 Å². The SMILES string of the molecule is CC(=O)Nc1ccc(F)c(NC(=O)NCc2cnc(N(C)C)n2C)c1. The van der Waals surface area contributed by atoms with Crippen LogP contribution in [0.15, 0.2) is 24.4 Å². The van der Waals surface area contributed by atoms with Crippen LogP contribution in [-0.2, 0) is 18.4 Å². The second kappa shape index (κ2) is 7.65. The van der Waals surface area contributed by atoms with Gasteiger partial charge in [-0.1, -0.05) is 0 Å². The molecule has 0 saturated heterocycles. The van der Waals surface area contributed by atoms with E-state index in [2.05, 4.69) is 20.9 Å². The van der Waals surface area contributed by atoms with Crippen molar-refractivity contribution < 1.29 is 14.0 Å². The van der Waals surface area contributed by atoms with Crippen molar-refractivity contribution in [2.45, 2.75) is 13.5 Å². The first kappa shape index (κ1) is 18.2. The lowest BCUT2D eigenvalue weighted by Crippen LogP contribution is -2.29. The first-order valence-corrected chi connectivity index (χ1v) is 7.58. The quantitative estimate of drug-likeness (QED) is 0.770. The van der Waals surface area contributed by atoms with E-state index in [4.69, 9.17) is 0 Å². The molecule has 1 aromatic heterocycles. The number of carbonyl (C=O) groups is 2. The number of anilines is 3. The average molecular weight is 348 g/mol. The number of benzene rings is 1. The third-order valence-corrected chi connectivity index (χ3v) is 3.42. The van der Waals surface area contributed by atoms with Crippen molar-refractivity contribution in [3.05, 3.63) is 35.9 Å². The summed E-state index contributed by atoms with van der Waals surface area (Å²) in [5.41, 5.74) is 1.17. The Balaban J connectivity index is 2.00. The van der Waals surface area contributed by atoms with E-state index in [-0.39, 0.29) is 18.1 Å². The Labute approximate surface area is 145 Å². The van der Waals surface area contributed by atoms with Crippen molar-refractivity contribution in [2.24, 2.45) is 7.05 Å². The third-order valence-electron chi connectivity index (χ3n) is 3.42. The number of urea groups is 1. The number of halogens is 1. The van der Waals surface area contributed by atoms with E-state index in [9.17, 15) is 14.0 Å². The smallest absolute Gasteiger partial charge is 0.319 e. The normalized spacial score (nSPS) is 10.3. The molecule has 0 unspecified atom stereocenters. The summed E-state index contributed by atoms with van der Waals surface area (Å²) < 4.78 is 15.7. The molecule has 0 spiro atoms. The Kier molecular flexibility index (Phi) is 5.58. The Hall–Kier alpha value is -3.10. The highest BCUT2D eigenvalue weighted by atomic mass is 19.1. The van der Waals surface area contributed by atoms with Crippen LogP contribution in [0.4, 0.5) is 26.5 Å². The molecule has 25 heavy (non-hydrogen) atoms. The maximum atomic E-state index is 13.8. The van der Waals surface area contributed by atoms with E-state index < -0.39 is 11.8 Å². The molecular formula is C16H21FN6O2. The van der Waals surface area contributed by atoms with Gasteiger partial charge in [0, 0.05) is 33.8 Å². The highest BCUT2D eigenvalue weighted by Crippen LogP contribution is 2.19. The summed E-state index contributed by atoms with van der Waals surface area (Å²) in [5, 5.41) is 7.60. The molecule has 3 amide bonds. The molecule has 3 N–H and O–H groups in total. The van der Waals surface area contributed by atoms with Crippen LogP contribution >= 0.6 is 0 Å². The summed E-state index contributed by atoms with van der Waals surface area (Å²) in [6.45, 7) is 1.58. The minimum Gasteiger partial charge on any atom is -0.348 e. The number of nitrogens with one attached hydrogen (secondary N) is 3. The van der Waals surface area contributed by atoms with Crippen LogP contribution in [0.2, 0.25) is 0 Å². The van der Waals surface area contributed by atoms with Crippen molar-refractivity contribution in [1.82, 2.24) is 14.9 Å². The van der Waals surface area contributed by atoms with Gasteiger partial charge in [-0.2, -0.15) is 0 Å². The number of hydrogen-bond acceptors (Lipinski definition) is 4. The van der Waals surface area contributed by atoms with E-state index in [1.807, 2.05) is 30.6 Å². The van der Waals surface area contributed by atoms with Crippen molar-refractivity contribution in [2.75, 3.05) is 29.6 Å². The summed E-state index contributed by atoms with van der Waals surface area (Å²) in [6.07, 6.45) is 1.66. The van der Waals surface area contributed by atoms with Gasteiger partial charge in [-0.05, 0) is 18.2 Å². The first-order chi connectivity index (χ1) is 11.8. The standard InChI is InChI=1S/C16H21FN6O2/c1-10(24)20-11-5-6-13(17)14(7-11)21-15(25)18-8-12-9-19-16(22(2)3)23(12)4/h5-7,9H,8H2,1-4H3,(H,20,24)(H2,18,21,25). The predicted molar refractivity (Wildman–Crippen MR) is 94.1 cm³/mol. The molecule has 0 aliphatic carbocycles. The van der Waals surface area contributed by atoms with E-state index in [0.29, 0.717) is 5.69 Å². The zero-order valence-corrected chi connectivity index (χ0v) is 14.6. The molecule has 0 saturated carbocycles. The first-order valence-electron chi connectivity index (χ1n) is 7.58. The van der Waals surface area contributed by atoms with Crippen molar-refractivity contribution in [1.29, 1.82) is 0 Å². The highest BCUT2D eigenvalue weighted by molar-refractivity contribution is 5.92. The number of rotatable bonds is 5. The van der Waals surface area contributed by atoms with Crippen molar-refractivity contribution in [3.8, 4) is 0 Å². The van der Waals surface area contributed by atoms with Crippen LogP contribution in [-0.4, -0.2) is 35.6 Å². The van der Waals surface area contributed by atoms with Gasteiger partial charge in [-0.3, -0.25) is 4.79 Å². The van der Waals surface area contributed by atoms with E-state index in [1.165, 1.54) is 25.1 Å². The Morgan fingerprint density at radius 3 is 2.60 bits per heavy atom. The van der Waals surface area contributed by atoms with Gasteiger partial charge < -0.3 is 25.4 Å². The number of carbonyl (C=O) groups excluding carboxylic acids is 2. The van der Waals surface area contributed by atoms with Crippen LogP contribution in [0, 0.1) is 5.82 Å². The molecule has 2 rings (SSSR count). The molecule has 0 bridgehead atoms. The molecule has 8 nitrogen and oxygen atoms in total. The number of nitrogens with zero attached hydrogens (tertiary/aromatic N) is 3. The summed E-state index contributed by atoms with van der Waals surface area (Å²) in [4.78, 5) is 29.2. The van der Waals surface area contributed by atoms with Gasteiger partial charge in [0.1, 0.15) is 5.82 Å². The van der Waals surface area contributed by atoms with Gasteiger partial charge in [0.15, 0.2) is 0 Å². The second-order valence-electron chi connectivity index (χ2n) is 5.69. The lowest BCUT2D eigenvalue weighted by Gasteiger charge is -2.13. The summed E-state index contributed by atoms with van der Waals surface area (Å²) in [5.74, 6) is -0.124. The zero-order valence-electron chi connectivity index (χ0n) is 14.6. The highest BCUT2D eigenvalue weighted by Gasteiger charge is 2.11. The fourth-order valence-electron chi connectivity index (χ4n) is 2.25. The minimum absolute atomic E-state index is 0.0252. The van der Waals surface area contributed by atoms with Crippen LogP contribution in [0.3, 0.4) is 0 Å². The fraction of sp³-hybridized carbons (Fsp3) is 0.312. The molecule has 9 heteroatoms. The number of amides is 3. The van der Waals surface area contributed by atoms with Crippen LogP contribution in [0.1, 0.15) is 12.6 Å². The van der Waals surface area contributed by atoms with Crippen LogP contribution < -0.4 is 20.9 Å². The molecule has 1 heterocycles. The van der Waals surface area contributed by atoms with Crippen LogP contribution in [0.5, 0.6) is 0 Å². The molecule has 0 atom stereocenters. The molecule has 0 fully saturated rings. The van der Waals surface area contributed by atoms with Gasteiger partial charge in [0.2, 0.25) is 11.9 Å². The van der Waals surface area contributed by atoms with Gasteiger partial charge >= 0.3 is 6.03 Å². The number of hydrogen-bond donors (Lipinski definition) is 3. The Morgan fingerprint density at radius 2 is 2.00 bits per heavy atom. The molecular weight excluding hydrogens is 327 g/mol. The maximum absolute atomic E-state index is 13.8. The number of aromatic nitrogens is 2. The molecule has 0 radical (unpaired) electrons. The maximum Gasteiger partial charge on any atom is 0.319 e. The second-order valence-corrected chi connectivity index (χ2v) is 5.69. The van der Waals surface area contributed by atoms with Gasteiger partial charge in [0.25, 0.3) is 0 Å². The molecule has 134 valence electrons. The number of imidazole rings is 1. The van der Waals surface area contributed by atoms with E-state index in [0.717, 1.165) is 11.6 Å². The van der Waals surface area contributed by atoms with Gasteiger partial charge in [-0.15, -0.1) is 0 Å². The topological polar surface area (TPSA) is 91.3 Å². The molecule has 2 aromatic rings. The van der Waals surface area contributed by atoms with E-state index in [1.54, 1.807) is 6.20 Å². The molecule has 0 aliphatic heterocycles. The lowest BCUT2D eigenvalue weighted by atomic mass is 10.2.